The number of methoxy groups -OCH3 is 1. The highest BCUT2D eigenvalue weighted by atomic mass is 16.5. The van der Waals surface area contributed by atoms with Crippen molar-refractivity contribution in [2.75, 3.05) is 20.3 Å². The van der Waals surface area contributed by atoms with Crippen molar-refractivity contribution in [3.05, 3.63) is 11.9 Å². The van der Waals surface area contributed by atoms with Gasteiger partial charge in [-0.2, -0.15) is 5.10 Å². The molecule has 0 spiro atoms. The minimum Gasteiger partial charge on any atom is -0.493 e. The van der Waals surface area contributed by atoms with Crippen LogP contribution < -0.4 is 4.74 Å². The van der Waals surface area contributed by atoms with Crippen LogP contribution in [0.15, 0.2) is 6.20 Å². The molecule has 1 N–H and O–H groups in total. The monoisotopic (exact) mass is 226 g/mol. The van der Waals surface area contributed by atoms with E-state index in [0.717, 1.165) is 25.1 Å². The van der Waals surface area contributed by atoms with Crippen LogP contribution in [-0.4, -0.2) is 35.2 Å². The number of ether oxygens (including phenoxy) is 2. The first-order valence-corrected chi connectivity index (χ1v) is 5.55. The second kappa shape index (κ2) is 4.84. The van der Waals surface area contributed by atoms with Gasteiger partial charge in [0, 0.05) is 19.6 Å². The van der Waals surface area contributed by atoms with E-state index in [0.29, 0.717) is 12.4 Å². The lowest BCUT2D eigenvalue weighted by molar-refractivity contribution is -0.0136. The number of aryl methyl sites for hydroxylation is 1. The molecule has 1 aliphatic rings. The van der Waals surface area contributed by atoms with E-state index in [4.69, 9.17) is 9.47 Å². The van der Waals surface area contributed by atoms with Crippen LogP contribution in [0.5, 0.6) is 5.75 Å². The van der Waals surface area contributed by atoms with Gasteiger partial charge in [-0.25, -0.2) is 0 Å². The van der Waals surface area contributed by atoms with Crippen molar-refractivity contribution in [2.24, 2.45) is 13.0 Å². The molecular formula is C11H18N2O3. The molecule has 90 valence electrons. The highest BCUT2D eigenvalue weighted by Gasteiger charge is 2.28. The summed E-state index contributed by atoms with van der Waals surface area (Å²) in [6.07, 6.45) is 3.04. The molecule has 1 fully saturated rings. The van der Waals surface area contributed by atoms with Crippen LogP contribution in [0.4, 0.5) is 0 Å². The molecule has 5 heteroatoms. The fourth-order valence-electron chi connectivity index (χ4n) is 2.16. The molecule has 2 atom stereocenters. The van der Waals surface area contributed by atoms with E-state index in [1.54, 1.807) is 18.0 Å². The lowest BCUT2D eigenvalue weighted by Crippen LogP contribution is -2.25. The molecule has 1 aliphatic heterocycles. The van der Waals surface area contributed by atoms with Crippen LogP contribution in [0.1, 0.15) is 24.6 Å². The molecule has 1 saturated heterocycles. The molecular weight excluding hydrogens is 208 g/mol. The van der Waals surface area contributed by atoms with Crippen LogP contribution in [-0.2, 0) is 11.8 Å². The van der Waals surface area contributed by atoms with Gasteiger partial charge in [-0.1, -0.05) is 0 Å². The normalized spacial score (nSPS) is 23.1. The molecule has 5 nitrogen and oxygen atoms in total. The topological polar surface area (TPSA) is 56.5 Å². The zero-order valence-electron chi connectivity index (χ0n) is 9.72. The average Bonchev–Trinajstić information content (AvgIpc) is 2.70. The van der Waals surface area contributed by atoms with E-state index in [1.165, 1.54) is 0 Å². The highest BCUT2D eigenvalue weighted by Crippen LogP contribution is 2.33. The Balaban J connectivity index is 2.18. The second-order valence-electron chi connectivity index (χ2n) is 4.14. The molecule has 0 aliphatic carbocycles. The zero-order chi connectivity index (χ0) is 11.5. The van der Waals surface area contributed by atoms with Gasteiger partial charge in [-0.15, -0.1) is 0 Å². The van der Waals surface area contributed by atoms with Gasteiger partial charge < -0.3 is 14.6 Å². The van der Waals surface area contributed by atoms with E-state index in [9.17, 15) is 5.11 Å². The van der Waals surface area contributed by atoms with Gasteiger partial charge in [0.1, 0.15) is 11.8 Å². The Morgan fingerprint density at radius 2 is 2.50 bits per heavy atom. The number of hydrogen-bond donors (Lipinski definition) is 1. The predicted octanol–water partition coefficient (Wildman–Crippen LogP) is 0.889. The van der Waals surface area contributed by atoms with Crippen molar-refractivity contribution in [3.63, 3.8) is 0 Å². The summed E-state index contributed by atoms with van der Waals surface area (Å²) in [4.78, 5) is 0. The van der Waals surface area contributed by atoms with Crippen molar-refractivity contribution >= 4 is 0 Å². The van der Waals surface area contributed by atoms with Crippen LogP contribution in [0.3, 0.4) is 0 Å². The minimum absolute atomic E-state index is 0.137. The molecule has 1 aromatic rings. The summed E-state index contributed by atoms with van der Waals surface area (Å²) in [5.41, 5.74) is 0.734. The van der Waals surface area contributed by atoms with Gasteiger partial charge in [0.25, 0.3) is 0 Å². The summed E-state index contributed by atoms with van der Waals surface area (Å²) < 4.78 is 12.2. The van der Waals surface area contributed by atoms with E-state index < -0.39 is 6.10 Å². The fraction of sp³-hybridized carbons (Fsp3) is 0.727. The summed E-state index contributed by atoms with van der Waals surface area (Å²) in [6.45, 7) is 1.40. The van der Waals surface area contributed by atoms with Gasteiger partial charge in [0.05, 0.1) is 19.9 Å². The Hall–Kier alpha value is -1.07. The number of aliphatic hydroxyl groups is 1. The van der Waals surface area contributed by atoms with Gasteiger partial charge in [0.15, 0.2) is 5.75 Å². The van der Waals surface area contributed by atoms with E-state index >= 15 is 0 Å². The SMILES string of the molecule is COc1cnn(C)c1C(O)C1CCCOC1. The number of aromatic nitrogens is 2. The molecule has 16 heavy (non-hydrogen) atoms. The lowest BCUT2D eigenvalue weighted by Gasteiger charge is -2.27. The van der Waals surface area contributed by atoms with E-state index in [2.05, 4.69) is 5.10 Å². The van der Waals surface area contributed by atoms with Crippen LogP contribution in [0.2, 0.25) is 0 Å². The highest BCUT2D eigenvalue weighted by molar-refractivity contribution is 5.27. The zero-order valence-corrected chi connectivity index (χ0v) is 9.72. The number of rotatable bonds is 3. The molecule has 2 unspecified atom stereocenters. The molecule has 1 aromatic heterocycles. The molecule has 0 aromatic carbocycles. The third kappa shape index (κ3) is 2.05. The van der Waals surface area contributed by atoms with Gasteiger partial charge in [0.2, 0.25) is 0 Å². The first-order valence-electron chi connectivity index (χ1n) is 5.55. The molecule has 0 bridgehead atoms. The molecule has 0 radical (unpaired) electrons. The van der Waals surface area contributed by atoms with Crippen molar-refractivity contribution < 1.29 is 14.6 Å². The fourth-order valence-corrected chi connectivity index (χ4v) is 2.16. The molecule has 2 heterocycles. The van der Waals surface area contributed by atoms with Crippen molar-refractivity contribution in [1.29, 1.82) is 0 Å². The Bertz CT molecular complexity index is 345. The number of hydrogen-bond acceptors (Lipinski definition) is 4. The standard InChI is InChI=1S/C11H18N2O3/c1-13-10(9(15-2)6-12-13)11(14)8-4-3-5-16-7-8/h6,8,11,14H,3-5,7H2,1-2H3. The van der Waals surface area contributed by atoms with Crippen molar-refractivity contribution in [3.8, 4) is 5.75 Å². The predicted molar refractivity (Wildman–Crippen MR) is 58.3 cm³/mol. The van der Waals surface area contributed by atoms with Crippen LogP contribution in [0, 0.1) is 5.92 Å². The Morgan fingerprint density at radius 3 is 3.12 bits per heavy atom. The summed E-state index contributed by atoms with van der Waals surface area (Å²) >= 11 is 0. The van der Waals surface area contributed by atoms with Crippen molar-refractivity contribution in [1.82, 2.24) is 9.78 Å². The maximum absolute atomic E-state index is 10.3. The quantitative estimate of drug-likeness (QED) is 0.831. The third-order valence-corrected chi connectivity index (χ3v) is 3.09. The Kier molecular flexibility index (Phi) is 3.46. The molecule has 2 rings (SSSR count). The Morgan fingerprint density at radius 1 is 1.69 bits per heavy atom. The van der Waals surface area contributed by atoms with E-state index in [-0.39, 0.29) is 5.92 Å². The first kappa shape index (κ1) is 11.4. The number of nitrogens with zero attached hydrogens (tertiary/aromatic N) is 2. The number of aliphatic hydroxyl groups excluding tert-OH is 1. The summed E-state index contributed by atoms with van der Waals surface area (Å²) in [6, 6.07) is 0. The lowest BCUT2D eigenvalue weighted by atomic mass is 9.93. The van der Waals surface area contributed by atoms with Gasteiger partial charge >= 0.3 is 0 Å². The summed E-state index contributed by atoms with van der Waals surface area (Å²) in [5, 5.41) is 14.4. The third-order valence-electron chi connectivity index (χ3n) is 3.09. The van der Waals surface area contributed by atoms with Gasteiger partial charge in [-0.3, -0.25) is 4.68 Å². The maximum atomic E-state index is 10.3. The van der Waals surface area contributed by atoms with Crippen molar-refractivity contribution in [2.45, 2.75) is 18.9 Å². The van der Waals surface area contributed by atoms with Crippen LogP contribution in [0.25, 0.3) is 0 Å². The maximum Gasteiger partial charge on any atom is 0.162 e. The van der Waals surface area contributed by atoms with E-state index in [1.807, 2.05) is 7.05 Å². The Labute approximate surface area is 95.0 Å². The van der Waals surface area contributed by atoms with Gasteiger partial charge in [-0.05, 0) is 12.8 Å². The summed E-state index contributed by atoms with van der Waals surface area (Å²) in [7, 11) is 3.40. The largest absolute Gasteiger partial charge is 0.493 e. The van der Waals surface area contributed by atoms with Crippen LogP contribution >= 0.6 is 0 Å². The second-order valence-corrected chi connectivity index (χ2v) is 4.14. The first-order chi connectivity index (χ1) is 7.74. The smallest absolute Gasteiger partial charge is 0.162 e. The average molecular weight is 226 g/mol. The molecule has 0 saturated carbocycles. The minimum atomic E-state index is -0.567. The molecule has 0 amide bonds. The summed E-state index contributed by atoms with van der Waals surface area (Å²) in [5.74, 6) is 0.777.